The minimum absolute atomic E-state index is 0.153. The second-order valence-corrected chi connectivity index (χ2v) is 9.12. The lowest BCUT2D eigenvalue weighted by Crippen LogP contribution is -2.40. The number of nitrogens with one attached hydrogen (secondary N) is 2. The first-order chi connectivity index (χ1) is 12.5. The normalized spacial score (nSPS) is 17.4. The molecule has 3 rings (SSSR count). The molecule has 1 atom stereocenters. The molecule has 26 heavy (non-hydrogen) atoms. The molecule has 0 spiro atoms. The van der Waals surface area contributed by atoms with Gasteiger partial charge in [-0.15, -0.1) is 0 Å². The number of benzene rings is 1. The van der Waals surface area contributed by atoms with Gasteiger partial charge in [-0.3, -0.25) is 4.98 Å². The molecule has 1 saturated carbocycles. The van der Waals surface area contributed by atoms with Gasteiger partial charge in [-0.2, -0.15) is 0 Å². The zero-order valence-electron chi connectivity index (χ0n) is 15.4. The van der Waals surface area contributed by atoms with Crippen LogP contribution < -0.4 is 10.0 Å². The molecule has 1 fully saturated rings. The standard InChI is InChI=1S/C20H29N3O2S/c1-16(14-21-11-9-17-5-3-2-4-6-17)23-26(24,25)20-8-7-19-15-22-12-10-18(19)13-20/h7-8,10,12-13,15-17,21,23H,2-6,9,11,14H2,1H3. The third-order valence-electron chi connectivity index (χ3n) is 5.18. The summed E-state index contributed by atoms with van der Waals surface area (Å²) in [5.74, 6) is 0.843. The third kappa shape index (κ3) is 5.25. The van der Waals surface area contributed by atoms with E-state index in [-0.39, 0.29) is 6.04 Å². The van der Waals surface area contributed by atoms with Crippen molar-refractivity contribution in [2.24, 2.45) is 5.92 Å². The van der Waals surface area contributed by atoms with Gasteiger partial charge in [0.05, 0.1) is 4.90 Å². The molecule has 0 aliphatic heterocycles. The van der Waals surface area contributed by atoms with Crippen molar-refractivity contribution < 1.29 is 8.42 Å². The van der Waals surface area contributed by atoms with E-state index < -0.39 is 10.0 Å². The molecule has 0 bridgehead atoms. The number of fused-ring (bicyclic) bond motifs is 1. The van der Waals surface area contributed by atoms with Crippen molar-refractivity contribution in [2.45, 2.75) is 56.4 Å². The van der Waals surface area contributed by atoms with Crippen molar-refractivity contribution in [1.29, 1.82) is 0 Å². The predicted octanol–water partition coefficient (Wildman–Crippen LogP) is 3.46. The van der Waals surface area contributed by atoms with E-state index in [0.29, 0.717) is 11.4 Å². The average molecular weight is 376 g/mol. The number of nitrogens with zero attached hydrogens (tertiary/aromatic N) is 1. The molecule has 1 aromatic carbocycles. The fraction of sp³-hybridized carbons (Fsp3) is 0.550. The van der Waals surface area contributed by atoms with Gasteiger partial charge in [0.25, 0.3) is 0 Å². The maximum absolute atomic E-state index is 12.6. The average Bonchev–Trinajstić information content (AvgIpc) is 2.65. The van der Waals surface area contributed by atoms with Gasteiger partial charge in [0, 0.05) is 30.4 Å². The van der Waals surface area contributed by atoms with E-state index in [1.807, 2.05) is 13.0 Å². The topological polar surface area (TPSA) is 71.1 Å². The zero-order valence-corrected chi connectivity index (χ0v) is 16.3. The maximum Gasteiger partial charge on any atom is 0.240 e. The van der Waals surface area contributed by atoms with Crippen molar-refractivity contribution in [1.82, 2.24) is 15.0 Å². The van der Waals surface area contributed by atoms with Gasteiger partial charge in [0.15, 0.2) is 0 Å². The van der Waals surface area contributed by atoms with E-state index >= 15 is 0 Å². The number of hydrogen-bond acceptors (Lipinski definition) is 4. The fourth-order valence-electron chi connectivity index (χ4n) is 3.70. The Morgan fingerprint density at radius 1 is 1.15 bits per heavy atom. The Balaban J connectivity index is 1.49. The van der Waals surface area contributed by atoms with E-state index in [1.165, 1.54) is 38.5 Å². The molecule has 1 aliphatic carbocycles. The molecule has 6 heteroatoms. The monoisotopic (exact) mass is 375 g/mol. The number of hydrogen-bond donors (Lipinski definition) is 2. The Bertz CT molecular complexity index is 817. The summed E-state index contributed by atoms with van der Waals surface area (Å²) in [6, 6.07) is 6.80. The van der Waals surface area contributed by atoms with Crippen LogP contribution in [0.25, 0.3) is 10.8 Å². The van der Waals surface area contributed by atoms with Gasteiger partial charge in [0.2, 0.25) is 10.0 Å². The molecule has 0 saturated heterocycles. The molecule has 2 aromatic rings. The molecule has 0 amide bonds. The molecular weight excluding hydrogens is 346 g/mol. The SMILES string of the molecule is CC(CNCCC1CCCCC1)NS(=O)(=O)c1ccc2cnccc2c1. The number of pyridine rings is 1. The summed E-state index contributed by atoms with van der Waals surface area (Å²) < 4.78 is 28.0. The van der Waals surface area contributed by atoms with Gasteiger partial charge in [-0.1, -0.05) is 38.2 Å². The van der Waals surface area contributed by atoms with Gasteiger partial charge < -0.3 is 5.32 Å². The van der Waals surface area contributed by atoms with E-state index in [9.17, 15) is 8.42 Å². The first-order valence-electron chi connectivity index (χ1n) is 9.61. The molecule has 1 heterocycles. The van der Waals surface area contributed by atoms with E-state index in [2.05, 4.69) is 15.0 Å². The lowest BCUT2D eigenvalue weighted by Gasteiger charge is -2.22. The molecule has 1 aliphatic rings. The van der Waals surface area contributed by atoms with Gasteiger partial charge in [-0.25, -0.2) is 13.1 Å². The number of rotatable bonds is 8. The van der Waals surface area contributed by atoms with Gasteiger partial charge in [-0.05, 0) is 49.4 Å². The fourth-order valence-corrected chi connectivity index (χ4v) is 4.98. The van der Waals surface area contributed by atoms with Gasteiger partial charge in [0.1, 0.15) is 0 Å². The molecule has 5 nitrogen and oxygen atoms in total. The van der Waals surface area contributed by atoms with Crippen LogP contribution in [-0.4, -0.2) is 32.5 Å². The summed E-state index contributed by atoms with van der Waals surface area (Å²) >= 11 is 0. The highest BCUT2D eigenvalue weighted by Crippen LogP contribution is 2.25. The van der Waals surface area contributed by atoms with Crippen LogP contribution in [0.4, 0.5) is 0 Å². The van der Waals surface area contributed by atoms with Gasteiger partial charge >= 0.3 is 0 Å². The van der Waals surface area contributed by atoms with Crippen molar-refractivity contribution in [3.63, 3.8) is 0 Å². The maximum atomic E-state index is 12.6. The van der Waals surface area contributed by atoms with Crippen LogP contribution in [0.15, 0.2) is 41.6 Å². The van der Waals surface area contributed by atoms with E-state index in [0.717, 1.165) is 23.2 Å². The predicted molar refractivity (Wildman–Crippen MR) is 106 cm³/mol. The smallest absolute Gasteiger partial charge is 0.240 e. The lowest BCUT2D eigenvalue weighted by atomic mass is 9.87. The minimum Gasteiger partial charge on any atom is -0.315 e. The summed E-state index contributed by atoms with van der Waals surface area (Å²) in [5.41, 5.74) is 0. The van der Waals surface area contributed by atoms with Crippen molar-refractivity contribution in [2.75, 3.05) is 13.1 Å². The quantitative estimate of drug-likeness (QED) is 0.693. The highest BCUT2D eigenvalue weighted by Gasteiger charge is 2.18. The van der Waals surface area contributed by atoms with Crippen molar-refractivity contribution in [3.05, 3.63) is 36.7 Å². The molecule has 2 N–H and O–H groups in total. The summed E-state index contributed by atoms with van der Waals surface area (Å²) in [4.78, 5) is 4.35. The first kappa shape index (κ1) is 19.3. The number of aromatic nitrogens is 1. The van der Waals surface area contributed by atoms with E-state index in [1.54, 1.807) is 30.6 Å². The Morgan fingerprint density at radius 2 is 1.96 bits per heavy atom. The molecule has 142 valence electrons. The first-order valence-corrected chi connectivity index (χ1v) is 11.1. The van der Waals surface area contributed by atoms with E-state index in [4.69, 9.17) is 0 Å². The lowest BCUT2D eigenvalue weighted by molar-refractivity contribution is 0.332. The number of sulfonamides is 1. The Morgan fingerprint density at radius 3 is 2.77 bits per heavy atom. The van der Waals surface area contributed by atoms with Crippen LogP contribution in [0.1, 0.15) is 45.4 Å². The van der Waals surface area contributed by atoms with Crippen LogP contribution in [0.3, 0.4) is 0 Å². The van der Waals surface area contributed by atoms with Crippen LogP contribution in [0.2, 0.25) is 0 Å². The molecule has 1 unspecified atom stereocenters. The summed E-state index contributed by atoms with van der Waals surface area (Å²) in [6.07, 6.45) is 11.4. The minimum atomic E-state index is -3.52. The second-order valence-electron chi connectivity index (χ2n) is 7.40. The highest BCUT2D eigenvalue weighted by atomic mass is 32.2. The largest absolute Gasteiger partial charge is 0.315 e. The van der Waals surface area contributed by atoms with Crippen LogP contribution in [0, 0.1) is 5.92 Å². The zero-order chi connectivity index (χ0) is 18.4. The van der Waals surface area contributed by atoms with Crippen molar-refractivity contribution in [3.8, 4) is 0 Å². The summed E-state index contributed by atoms with van der Waals surface area (Å²) in [7, 11) is -3.52. The molecule has 1 aromatic heterocycles. The van der Waals surface area contributed by atoms with Crippen molar-refractivity contribution >= 4 is 20.8 Å². The van der Waals surface area contributed by atoms with Crippen LogP contribution in [-0.2, 0) is 10.0 Å². The second kappa shape index (κ2) is 8.93. The molecule has 0 radical (unpaired) electrons. The molecular formula is C20H29N3O2S. The third-order valence-corrected chi connectivity index (χ3v) is 6.77. The summed E-state index contributed by atoms with van der Waals surface area (Å²) in [5, 5.41) is 5.21. The highest BCUT2D eigenvalue weighted by molar-refractivity contribution is 7.89. The Hall–Kier alpha value is -1.50. The Kier molecular flexibility index (Phi) is 6.62. The summed E-state index contributed by atoms with van der Waals surface area (Å²) in [6.45, 7) is 3.50. The van der Waals surface area contributed by atoms with Crippen LogP contribution in [0.5, 0.6) is 0 Å². The van der Waals surface area contributed by atoms with Crippen LogP contribution >= 0.6 is 0 Å². The Labute approximate surface area is 156 Å².